The van der Waals surface area contributed by atoms with Crippen molar-refractivity contribution in [1.82, 2.24) is 4.90 Å². The third-order valence-corrected chi connectivity index (χ3v) is 3.29. The Kier molecular flexibility index (Phi) is 5.97. The SMILES string of the molecule is CC(CN(C(=O)OC(C)(C)C)C(C)C(=O)O)c1ccccc1. The maximum atomic E-state index is 12.3. The summed E-state index contributed by atoms with van der Waals surface area (Å²) in [7, 11) is 0. The molecule has 1 amide bonds. The summed E-state index contributed by atoms with van der Waals surface area (Å²) in [5, 5.41) is 9.23. The average molecular weight is 307 g/mol. The Hall–Kier alpha value is -2.04. The van der Waals surface area contributed by atoms with Gasteiger partial charge >= 0.3 is 12.1 Å². The predicted octanol–water partition coefficient (Wildman–Crippen LogP) is 3.50. The fourth-order valence-corrected chi connectivity index (χ4v) is 2.03. The van der Waals surface area contributed by atoms with Gasteiger partial charge in [-0.25, -0.2) is 9.59 Å². The van der Waals surface area contributed by atoms with Crippen LogP contribution >= 0.6 is 0 Å². The smallest absolute Gasteiger partial charge is 0.411 e. The minimum Gasteiger partial charge on any atom is -0.480 e. The van der Waals surface area contributed by atoms with Gasteiger partial charge in [-0.05, 0) is 39.2 Å². The number of aliphatic carboxylic acids is 1. The molecule has 122 valence electrons. The monoisotopic (exact) mass is 307 g/mol. The van der Waals surface area contributed by atoms with E-state index in [1.807, 2.05) is 37.3 Å². The van der Waals surface area contributed by atoms with Crippen molar-refractivity contribution in [2.24, 2.45) is 0 Å². The first-order valence-corrected chi connectivity index (χ1v) is 7.39. The van der Waals surface area contributed by atoms with Crippen LogP contribution in [0.15, 0.2) is 30.3 Å². The molecule has 22 heavy (non-hydrogen) atoms. The lowest BCUT2D eigenvalue weighted by Crippen LogP contribution is -2.47. The number of ether oxygens (including phenoxy) is 1. The second kappa shape index (κ2) is 7.29. The summed E-state index contributed by atoms with van der Waals surface area (Å²) in [6.45, 7) is 9.01. The van der Waals surface area contributed by atoms with Gasteiger partial charge in [-0.15, -0.1) is 0 Å². The van der Waals surface area contributed by atoms with Gasteiger partial charge in [0.15, 0.2) is 0 Å². The van der Waals surface area contributed by atoms with Crippen LogP contribution in [0.2, 0.25) is 0 Å². The minimum absolute atomic E-state index is 0.00974. The van der Waals surface area contributed by atoms with E-state index in [0.29, 0.717) is 0 Å². The van der Waals surface area contributed by atoms with Crippen molar-refractivity contribution >= 4 is 12.1 Å². The second-order valence-corrected chi connectivity index (χ2v) is 6.46. The van der Waals surface area contributed by atoms with Gasteiger partial charge in [0.25, 0.3) is 0 Å². The number of nitrogens with zero attached hydrogens (tertiary/aromatic N) is 1. The van der Waals surface area contributed by atoms with Gasteiger partial charge in [-0.3, -0.25) is 4.90 Å². The first-order chi connectivity index (χ1) is 10.1. The van der Waals surface area contributed by atoms with Crippen LogP contribution in [0.4, 0.5) is 4.79 Å². The lowest BCUT2D eigenvalue weighted by molar-refractivity contribution is -0.142. The van der Waals surface area contributed by atoms with E-state index >= 15 is 0 Å². The molecule has 0 aliphatic carbocycles. The van der Waals surface area contributed by atoms with E-state index in [0.717, 1.165) is 5.56 Å². The maximum Gasteiger partial charge on any atom is 0.411 e. The highest BCUT2D eigenvalue weighted by Gasteiger charge is 2.31. The third kappa shape index (κ3) is 5.39. The van der Waals surface area contributed by atoms with Gasteiger partial charge in [0, 0.05) is 6.54 Å². The minimum atomic E-state index is -1.05. The number of benzene rings is 1. The molecule has 0 saturated heterocycles. The Balaban J connectivity index is 2.91. The van der Waals surface area contributed by atoms with Gasteiger partial charge in [0.2, 0.25) is 0 Å². The van der Waals surface area contributed by atoms with Crippen LogP contribution in [0.25, 0.3) is 0 Å². The van der Waals surface area contributed by atoms with E-state index in [1.54, 1.807) is 20.8 Å². The molecule has 5 heteroatoms. The van der Waals surface area contributed by atoms with Crippen LogP contribution in [0.3, 0.4) is 0 Å². The van der Waals surface area contributed by atoms with Gasteiger partial charge in [-0.2, -0.15) is 0 Å². The topological polar surface area (TPSA) is 66.8 Å². The van der Waals surface area contributed by atoms with E-state index in [9.17, 15) is 14.7 Å². The van der Waals surface area contributed by atoms with Crippen LogP contribution in [0.5, 0.6) is 0 Å². The van der Waals surface area contributed by atoms with E-state index in [4.69, 9.17) is 4.74 Å². The number of carbonyl (C=O) groups is 2. The van der Waals surface area contributed by atoms with Crippen molar-refractivity contribution in [3.05, 3.63) is 35.9 Å². The van der Waals surface area contributed by atoms with Crippen LogP contribution in [0.1, 0.15) is 46.1 Å². The summed E-state index contributed by atoms with van der Waals surface area (Å²) < 4.78 is 5.33. The highest BCUT2D eigenvalue weighted by molar-refractivity contribution is 5.79. The molecule has 2 atom stereocenters. The van der Waals surface area contributed by atoms with Gasteiger partial charge in [-0.1, -0.05) is 37.3 Å². The lowest BCUT2D eigenvalue weighted by Gasteiger charge is -2.31. The number of rotatable bonds is 5. The van der Waals surface area contributed by atoms with Crippen LogP contribution < -0.4 is 0 Å². The van der Waals surface area contributed by atoms with E-state index in [2.05, 4.69) is 0 Å². The molecule has 1 aromatic carbocycles. The normalized spacial score (nSPS) is 14.0. The van der Waals surface area contributed by atoms with Gasteiger partial charge in [0.1, 0.15) is 11.6 Å². The van der Waals surface area contributed by atoms with Crippen molar-refractivity contribution < 1.29 is 19.4 Å². The maximum absolute atomic E-state index is 12.3. The predicted molar refractivity (Wildman–Crippen MR) is 84.9 cm³/mol. The quantitative estimate of drug-likeness (QED) is 0.904. The first kappa shape index (κ1) is 18.0. The molecule has 1 aromatic rings. The standard InChI is InChI=1S/C17H25NO4/c1-12(14-9-7-6-8-10-14)11-18(13(2)15(19)20)16(21)22-17(3,4)5/h6-10,12-13H,11H2,1-5H3,(H,19,20). The van der Waals surface area contributed by atoms with Crippen molar-refractivity contribution in [3.8, 4) is 0 Å². The summed E-state index contributed by atoms with van der Waals surface area (Å²) in [6, 6.07) is 8.74. The zero-order valence-corrected chi connectivity index (χ0v) is 13.9. The summed E-state index contributed by atoms with van der Waals surface area (Å²) in [5.41, 5.74) is 0.387. The van der Waals surface area contributed by atoms with Crippen molar-refractivity contribution in [3.63, 3.8) is 0 Å². The Morgan fingerprint density at radius 3 is 2.18 bits per heavy atom. The largest absolute Gasteiger partial charge is 0.480 e. The molecule has 0 aliphatic heterocycles. The van der Waals surface area contributed by atoms with Crippen molar-refractivity contribution in [1.29, 1.82) is 0 Å². The number of carbonyl (C=O) groups excluding carboxylic acids is 1. The molecule has 1 rings (SSSR count). The summed E-state index contributed by atoms with van der Waals surface area (Å²) in [6.07, 6.45) is -0.606. The Morgan fingerprint density at radius 1 is 1.18 bits per heavy atom. The fourth-order valence-electron chi connectivity index (χ4n) is 2.03. The zero-order chi connectivity index (χ0) is 16.9. The van der Waals surface area contributed by atoms with Crippen LogP contribution in [-0.2, 0) is 9.53 Å². The molecule has 2 unspecified atom stereocenters. The van der Waals surface area contributed by atoms with E-state index in [1.165, 1.54) is 11.8 Å². The van der Waals surface area contributed by atoms with Crippen molar-refractivity contribution in [2.45, 2.75) is 52.2 Å². The van der Waals surface area contributed by atoms with E-state index < -0.39 is 23.7 Å². The number of hydrogen-bond acceptors (Lipinski definition) is 3. The van der Waals surface area contributed by atoms with E-state index in [-0.39, 0.29) is 12.5 Å². The number of carboxylic acids is 1. The highest BCUT2D eigenvalue weighted by atomic mass is 16.6. The van der Waals surface area contributed by atoms with Gasteiger partial charge < -0.3 is 9.84 Å². The molecule has 5 nitrogen and oxygen atoms in total. The number of hydrogen-bond donors (Lipinski definition) is 1. The average Bonchev–Trinajstić information content (AvgIpc) is 2.42. The summed E-state index contributed by atoms with van der Waals surface area (Å²) in [4.78, 5) is 24.9. The second-order valence-electron chi connectivity index (χ2n) is 6.46. The highest BCUT2D eigenvalue weighted by Crippen LogP contribution is 2.20. The van der Waals surface area contributed by atoms with Crippen LogP contribution in [-0.4, -0.2) is 40.3 Å². The number of amides is 1. The fraction of sp³-hybridized carbons (Fsp3) is 0.529. The molecular formula is C17H25NO4. The molecule has 0 saturated carbocycles. The summed E-state index contributed by atoms with van der Waals surface area (Å²) >= 11 is 0. The molecule has 0 heterocycles. The summed E-state index contributed by atoms with van der Waals surface area (Å²) in [5.74, 6) is -1.04. The Labute approximate surface area is 131 Å². The number of carboxylic acid groups (broad SMARTS) is 1. The molecule has 0 aliphatic rings. The Morgan fingerprint density at radius 2 is 1.73 bits per heavy atom. The molecule has 0 bridgehead atoms. The molecule has 0 aromatic heterocycles. The first-order valence-electron chi connectivity index (χ1n) is 7.39. The molecule has 1 N–H and O–H groups in total. The lowest BCUT2D eigenvalue weighted by atomic mass is 10.0. The zero-order valence-electron chi connectivity index (χ0n) is 13.9. The molecule has 0 radical (unpaired) electrons. The third-order valence-electron chi connectivity index (χ3n) is 3.29. The Bertz CT molecular complexity index is 507. The van der Waals surface area contributed by atoms with Crippen LogP contribution in [0, 0.1) is 0 Å². The van der Waals surface area contributed by atoms with Crippen molar-refractivity contribution in [2.75, 3.05) is 6.54 Å². The molecule has 0 spiro atoms. The van der Waals surface area contributed by atoms with Gasteiger partial charge in [0.05, 0.1) is 0 Å². The molecule has 0 fully saturated rings. The molecular weight excluding hydrogens is 282 g/mol.